The Morgan fingerprint density at radius 1 is 1.29 bits per heavy atom. The number of hydrogen-bond donors (Lipinski definition) is 1. The molecule has 0 unspecified atom stereocenters. The summed E-state index contributed by atoms with van der Waals surface area (Å²) in [6.07, 6.45) is 1.30. The molecule has 2 heterocycles. The van der Waals surface area contributed by atoms with Crippen LogP contribution in [0.2, 0.25) is 0 Å². The molecule has 0 bridgehead atoms. The quantitative estimate of drug-likeness (QED) is 0.787. The highest BCUT2D eigenvalue weighted by molar-refractivity contribution is 5.78. The zero-order valence-corrected chi connectivity index (χ0v) is 9.35. The summed E-state index contributed by atoms with van der Waals surface area (Å²) in [5.41, 5.74) is 2.52. The first-order valence-electron chi connectivity index (χ1n) is 5.65. The standard InChI is InChI=1S/C12H13N3O2/c16-12-8-13-10-2-1-9(7-11(10)14-12)15-3-5-17-6-4-15/h1-2,7-8H,3-6H2,(H,14,16). The molecule has 0 spiro atoms. The molecule has 0 radical (unpaired) electrons. The van der Waals surface area contributed by atoms with E-state index in [9.17, 15) is 4.79 Å². The fraction of sp³-hybridized carbons (Fsp3) is 0.333. The van der Waals surface area contributed by atoms with Crippen LogP contribution in [0.3, 0.4) is 0 Å². The van der Waals surface area contributed by atoms with Crippen LogP contribution in [0, 0.1) is 0 Å². The molecular formula is C12H13N3O2. The van der Waals surface area contributed by atoms with Gasteiger partial charge in [0.05, 0.1) is 30.4 Å². The number of morpholine rings is 1. The second-order valence-corrected chi connectivity index (χ2v) is 4.05. The summed E-state index contributed by atoms with van der Waals surface area (Å²) in [5, 5.41) is 0. The van der Waals surface area contributed by atoms with Crippen molar-refractivity contribution in [3.8, 4) is 0 Å². The molecule has 1 aromatic carbocycles. The Balaban J connectivity index is 2.02. The SMILES string of the molecule is O=c1cnc2ccc(N3CCOCC3)cc2[nH]1. The molecule has 3 rings (SSSR count). The van der Waals surface area contributed by atoms with Crippen LogP contribution in [-0.4, -0.2) is 36.3 Å². The van der Waals surface area contributed by atoms with E-state index in [2.05, 4.69) is 14.9 Å². The first-order valence-corrected chi connectivity index (χ1v) is 5.65. The summed E-state index contributed by atoms with van der Waals surface area (Å²) in [6, 6.07) is 5.92. The molecule has 0 atom stereocenters. The fourth-order valence-electron chi connectivity index (χ4n) is 2.05. The van der Waals surface area contributed by atoms with E-state index in [1.807, 2.05) is 18.2 Å². The summed E-state index contributed by atoms with van der Waals surface area (Å²) in [4.78, 5) is 20.3. The zero-order valence-electron chi connectivity index (χ0n) is 9.35. The van der Waals surface area contributed by atoms with Gasteiger partial charge in [0.25, 0.3) is 5.56 Å². The second-order valence-electron chi connectivity index (χ2n) is 4.05. The lowest BCUT2D eigenvalue weighted by Crippen LogP contribution is -2.36. The third-order valence-electron chi connectivity index (χ3n) is 2.94. The first kappa shape index (κ1) is 10.3. The Morgan fingerprint density at radius 3 is 2.94 bits per heavy atom. The van der Waals surface area contributed by atoms with Crippen LogP contribution in [0.1, 0.15) is 0 Å². The van der Waals surface area contributed by atoms with E-state index in [0.29, 0.717) is 0 Å². The highest BCUT2D eigenvalue weighted by atomic mass is 16.5. The minimum Gasteiger partial charge on any atom is -0.378 e. The van der Waals surface area contributed by atoms with Crippen LogP contribution in [0.25, 0.3) is 11.0 Å². The number of aromatic amines is 1. The highest BCUT2D eigenvalue weighted by Crippen LogP contribution is 2.19. The van der Waals surface area contributed by atoms with Gasteiger partial charge in [0, 0.05) is 18.8 Å². The number of anilines is 1. The maximum absolute atomic E-state index is 11.2. The van der Waals surface area contributed by atoms with Crippen LogP contribution in [0.15, 0.2) is 29.2 Å². The Morgan fingerprint density at radius 2 is 2.12 bits per heavy atom. The largest absolute Gasteiger partial charge is 0.378 e. The molecule has 17 heavy (non-hydrogen) atoms. The van der Waals surface area contributed by atoms with Crippen molar-refractivity contribution in [2.75, 3.05) is 31.2 Å². The van der Waals surface area contributed by atoms with Gasteiger partial charge < -0.3 is 14.6 Å². The number of aromatic nitrogens is 2. The van der Waals surface area contributed by atoms with E-state index >= 15 is 0 Å². The van der Waals surface area contributed by atoms with E-state index in [4.69, 9.17) is 4.74 Å². The molecule has 1 N–H and O–H groups in total. The van der Waals surface area contributed by atoms with Crippen molar-refractivity contribution in [3.05, 3.63) is 34.7 Å². The molecule has 1 aromatic heterocycles. The molecule has 0 aliphatic carbocycles. The predicted octanol–water partition coefficient (Wildman–Crippen LogP) is 0.760. The number of benzene rings is 1. The number of rotatable bonds is 1. The van der Waals surface area contributed by atoms with Crippen molar-refractivity contribution in [1.29, 1.82) is 0 Å². The lowest BCUT2D eigenvalue weighted by Gasteiger charge is -2.28. The Bertz CT molecular complexity index is 588. The summed E-state index contributed by atoms with van der Waals surface area (Å²) < 4.78 is 5.32. The Labute approximate surface area is 98.0 Å². The van der Waals surface area contributed by atoms with Crippen LogP contribution in [0.4, 0.5) is 5.69 Å². The molecule has 2 aromatic rings. The minimum absolute atomic E-state index is 0.170. The maximum Gasteiger partial charge on any atom is 0.266 e. The molecule has 1 aliphatic rings. The normalized spacial score (nSPS) is 16.4. The summed E-state index contributed by atoms with van der Waals surface area (Å²) in [6.45, 7) is 3.27. The Hall–Kier alpha value is -1.88. The number of ether oxygens (including phenoxy) is 1. The van der Waals surface area contributed by atoms with Gasteiger partial charge in [-0.3, -0.25) is 4.79 Å². The van der Waals surface area contributed by atoms with E-state index in [0.717, 1.165) is 43.0 Å². The maximum atomic E-state index is 11.2. The smallest absolute Gasteiger partial charge is 0.266 e. The van der Waals surface area contributed by atoms with Gasteiger partial charge >= 0.3 is 0 Å². The van der Waals surface area contributed by atoms with E-state index < -0.39 is 0 Å². The minimum atomic E-state index is -0.170. The van der Waals surface area contributed by atoms with Crippen molar-refractivity contribution >= 4 is 16.7 Å². The lowest BCUT2D eigenvalue weighted by atomic mass is 10.2. The predicted molar refractivity (Wildman–Crippen MR) is 65.4 cm³/mol. The van der Waals surface area contributed by atoms with Crippen LogP contribution in [0.5, 0.6) is 0 Å². The first-order chi connectivity index (χ1) is 8.33. The van der Waals surface area contributed by atoms with Gasteiger partial charge in [0.2, 0.25) is 0 Å². The number of nitrogens with one attached hydrogen (secondary N) is 1. The van der Waals surface area contributed by atoms with Crippen molar-refractivity contribution < 1.29 is 4.74 Å². The highest BCUT2D eigenvalue weighted by Gasteiger charge is 2.11. The molecule has 5 heteroatoms. The van der Waals surface area contributed by atoms with Gasteiger partial charge in [-0.2, -0.15) is 0 Å². The van der Waals surface area contributed by atoms with Crippen LogP contribution in [-0.2, 0) is 4.74 Å². The second kappa shape index (κ2) is 4.18. The van der Waals surface area contributed by atoms with Crippen molar-refractivity contribution in [1.82, 2.24) is 9.97 Å². The van der Waals surface area contributed by atoms with Gasteiger partial charge in [-0.25, -0.2) is 4.98 Å². The molecular weight excluding hydrogens is 218 g/mol. The van der Waals surface area contributed by atoms with Crippen LogP contribution >= 0.6 is 0 Å². The van der Waals surface area contributed by atoms with E-state index in [-0.39, 0.29) is 5.56 Å². The van der Waals surface area contributed by atoms with Crippen molar-refractivity contribution in [2.24, 2.45) is 0 Å². The average Bonchev–Trinajstić information content (AvgIpc) is 2.39. The summed E-state index contributed by atoms with van der Waals surface area (Å²) >= 11 is 0. The lowest BCUT2D eigenvalue weighted by molar-refractivity contribution is 0.122. The summed E-state index contributed by atoms with van der Waals surface area (Å²) in [5.74, 6) is 0. The molecule has 1 aliphatic heterocycles. The van der Waals surface area contributed by atoms with Crippen molar-refractivity contribution in [2.45, 2.75) is 0 Å². The van der Waals surface area contributed by atoms with Gasteiger partial charge in [-0.05, 0) is 18.2 Å². The number of H-pyrrole nitrogens is 1. The van der Waals surface area contributed by atoms with Crippen LogP contribution < -0.4 is 10.5 Å². The van der Waals surface area contributed by atoms with E-state index in [1.165, 1.54) is 6.20 Å². The third kappa shape index (κ3) is 2.01. The van der Waals surface area contributed by atoms with Gasteiger partial charge in [-0.15, -0.1) is 0 Å². The molecule has 0 amide bonds. The van der Waals surface area contributed by atoms with E-state index in [1.54, 1.807) is 0 Å². The van der Waals surface area contributed by atoms with Gasteiger partial charge in [-0.1, -0.05) is 0 Å². The summed E-state index contributed by atoms with van der Waals surface area (Å²) in [7, 11) is 0. The average molecular weight is 231 g/mol. The number of hydrogen-bond acceptors (Lipinski definition) is 4. The molecule has 88 valence electrons. The van der Waals surface area contributed by atoms with Gasteiger partial charge in [0.1, 0.15) is 0 Å². The topological polar surface area (TPSA) is 58.2 Å². The number of fused-ring (bicyclic) bond motifs is 1. The zero-order chi connectivity index (χ0) is 11.7. The van der Waals surface area contributed by atoms with Gasteiger partial charge in [0.15, 0.2) is 0 Å². The number of nitrogens with zero attached hydrogens (tertiary/aromatic N) is 2. The molecule has 5 nitrogen and oxygen atoms in total. The molecule has 0 saturated carbocycles. The molecule has 1 saturated heterocycles. The van der Waals surface area contributed by atoms with Crippen molar-refractivity contribution in [3.63, 3.8) is 0 Å². The Kier molecular flexibility index (Phi) is 2.53. The fourth-order valence-corrected chi connectivity index (χ4v) is 2.05. The third-order valence-corrected chi connectivity index (χ3v) is 2.94. The monoisotopic (exact) mass is 231 g/mol. The molecule has 1 fully saturated rings.